The van der Waals surface area contributed by atoms with Gasteiger partial charge in [-0.25, -0.2) is 4.79 Å². The van der Waals surface area contributed by atoms with E-state index in [4.69, 9.17) is 18.7 Å². The third-order valence-corrected chi connectivity index (χ3v) is 4.03. The van der Waals surface area contributed by atoms with Crippen LogP contribution in [0.4, 0.5) is 0 Å². The lowest BCUT2D eigenvalue weighted by atomic mass is 10.1. The summed E-state index contributed by atoms with van der Waals surface area (Å²) in [6.07, 6.45) is 0.432. The number of rotatable bonds is 9. The zero-order chi connectivity index (χ0) is 20.6. The molecule has 0 saturated heterocycles. The summed E-state index contributed by atoms with van der Waals surface area (Å²) in [5.74, 6) is 1.02. The van der Waals surface area contributed by atoms with Gasteiger partial charge in [0.15, 0.2) is 19.0 Å². The molecular formula is C21H20N2O6. The summed E-state index contributed by atoms with van der Waals surface area (Å²) in [6, 6.07) is 13.8. The Hall–Kier alpha value is -3.68. The van der Waals surface area contributed by atoms with E-state index >= 15 is 0 Å². The molecule has 0 aliphatic heterocycles. The largest absolute Gasteiger partial charge is 0.496 e. The molecule has 0 aliphatic rings. The van der Waals surface area contributed by atoms with Gasteiger partial charge in [-0.1, -0.05) is 24.2 Å². The van der Waals surface area contributed by atoms with Gasteiger partial charge in [0.1, 0.15) is 11.5 Å². The third kappa shape index (κ3) is 5.19. The van der Waals surface area contributed by atoms with E-state index in [1.165, 1.54) is 0 Å². The zero-order valence-corrected chi connectivity index (χ0v) is 16.1. The smallest absolute Gasteiger partial charge is 0.344 e. The lowest BCUT2D eigenvalue weighted by Gasteiger charge is -2.06. The number of ether oxygens (including phenoxy) is 3. The van der Waals surface area contributed by atoms with Crippen molar-refractivity contribution in [3.63, 3.8) is 0 Å². The van der Waals surface area contributed by atoms with Gasteiger partial charge in [-0.2, -0.15) is 4.98 Å². The van der Waals surface area contributed by atoms with Crippen LogP contribution in [0.15, 0.2) is 53.1 Å². The summed E-state index contributed by atoms with van der Waals surface area (Å²) >= 11 is 0. The Morgan fingerprint density at radius 3 is 2.55 bits per heavy atom. The van der Waals surface area contributed by atoms with Crippen LogP contribution in [0.3, 0.4) is 0 Å². The van der Waals surface area contributed by atoms with Gasteiger partial charge >= 0.3 is 5.97 Å². The van der Waals surface area contributed by atoms with Crippen LogP contribution in [-0.4, -0.2) is 35.6 Å². The first kappa shape index (κ1) is 20.1. The molecular weight excluding hydrogens is 376 g/mol. The summed E-state index contributed by atoms with van der Waals surface area (Å²) in [6.45, 7) is 1.34. The first-order chi connectivity index (χ1) is 14.1. The Morgan fingerprint density at radius 2 is 1.83 bits per heavy atom. The maximum absolute atomic E-state index is 11.9. The van der Waals surface area contributed by atoms with Crippen LogP contribution >= 0.6 is 0 Å². The van der Waals surface area contributed by atoms with Crippen molar-refractivity contribution in [2.24, 2.45) is 0 Å². The molecule has 1 heterocycles. The van der Waals surface area contributed by atoms with Crippen molar-refractivity contribution in [1.82, 2.24) is 10.1 Å². The third-order valence-electron chi connectivity index (χ3n) is 4.03. The molecule has 0 bridgehead atoms. The normalized spacial score (nSPS) is 10.4. The lowest BCUT2D eigenvalue weighted by Crippen LogP contribution is -2.14. The molecule has 0 fully saturated rings. The number of ketones is 1. The number of methoxy groups -OCH3 is 1. The van der Waals surface area contributed by atoms with Crippen LogP contribution in [0, 0.1) is 0 Å². The van der Waals surface area contributed by atoms with E-state index in [9.17, 15) is 9.59 Å². The molecule has 0 radical (unpaired) electrons. The summed E-state index contributed by atoms with van der Waals surface area (Å²) in [5, 5.41) is 3.88. The monoisotopic (exact) mass is 396 g/mol. The first-order valence-corrected chi connectivity index (χ1v) is 8.98. The Bertz CT molecular complexity index is 981. The molecule has 0 saturated carbocycles. The van der Waals surface area contributed by atoms with Gasteiger partial charge < -0.3 is 18.7 Å². The topological polar surface area (TPSA) is 101 Å². The SMILES string of the molecule is CCC(=O)c1ccc(OCC(=O)OCc2nc(-c3ccccc3OC)no2)cc1. The van der Waals surface area contributed by atoms with Gasteiger partial charge in [-0.3, -0.25) is 4.79 Å². The van der Waals surface area contributed by atoms with Crippen LogP contribution < -0.4 is 9.47 Å². The molecule has 8 nitrogen and oxygen atoms in total. The minimum atomic E-state index is -0.587. The van der Waals surface area contributed by atoms with Crippen molar-refractivity contribution in [1.29, 1.82) is 0 Å². The molecule has 2 aromatic carbocycles. The standard InChI is InChI=1S/C21H20N2O6/c1-3-17(24)14-8-10-15(11-9-14)27-13-20(25)28-12-19-22-21(23-29-19)16-6-4-5-7-18(16)26-2/h4-11H,3,12-13H2,1-2H3. The number of carbonyl (C=O) groups excluding carboxylic acids is 2. The Morgan fingerprint density at radius 1 is 1.07 bits per heavy atom. The number of hydrogen-bond acceptors (Lipinski definition) is 8. The highest BCUT2D eigenvalue weighted by Crippen LogP contribution is 2.27. The van der Waals surface area contributed by atoms with Gasteiger partial charge in [0, 0.05) is 12.0 Å². The quantitative estimate of drug-likeness (QED) is 0.400. The van der Waals surface area contributed by atoms with Gasteiger partial charge in [-0.05, 0) is 36.4 Å². The number of benzene rings is 2. The van der Waals surface area contributed by atoms with Crippen molar-refractivity contribution >= 4 is 11.8 Å². The van der Waals surface area contributed by atoms with Gasteiger partial charge in [-0.15, -0.1) is 0 Å². The van der Waals surface area contributed by atoms with Crippen molar-refractivity contribution in [3.8, 4) is 22.9 Å². The molecule has 0 N–H and O–H groups in total. The van der Waals surface area contributed by atoms with Gasteiger partial charge in [0.05, 0.1) is 12.7 Å². The molecule has 150 valence electrons. The van der Waals surface area contributed by atoms with Crippen LogP contribution in [0.5, 0.6) is 11.5 Å². The van der Waals surface area contributed by atoms with Crippen LogP contribution in [0.2, 0.25) is 0 Å². The zero-order valence-electron chi connectivity index (χ0n) is 16.1. The highest BCUT2D eigenvalue weighted by Gasteiger charge is 2.14. The number of hydrogen-bond donors (Lipinski definition) is 0. The second-order valence-corrected chi connectivity index (χ2v) is 5.96. The maximum Gasteiger partial charge on any atom is 0.344 e. The molecule has 0 atom stereocenters. The predicted molar refractivity (Wildman–Crippen MR) is 103 cm³/mol. The summed E-state index contributed by atoms with van der Waals surface area (Å²) < 4.78 is 20.8. The average Bonchev–Trinajstić information content (AvgIpc) is 3.25. The summed E-state index contributed by atoms with van der Waals surface area (Å²) in [7, 11) is 1.55. The molecule has 1 aromatic heterocycles. The van der Waals surface area contributed by atoms with Crippen molar-refractivity contribution < 1.29 is 28.3 Å². The molecule has 8 heteroatoms. The fourth-order valence-electron chi connectivity index (χ4n) is 2.52. The molecule has 0 spiro atoms. The summed E-state index contributed by atoms with van der Waals surface area (Å²) in [4.78, 5) is 27.7. The number of Topliss-reactive ketones (excluding diaryl/α,β-unsaturated/α-hetero) is 1. The van der Waals surface area contributed by atoms with E-state index in [2.05, 4.69) is 10.1 Å². The summed E-state index contributed by atoms with van der Waals surface area (Å²) in [5.41, 5.74) is 1.27. The number of carbonyl (C=O) groups is 2. The molecule has 3 rings (SSSR count). The Kier molecular flexibility index (Phi) is 6.57. The second kappa shape index (κ2) is 9.50. The van der Waals surface area contributed by atoms with E-state index < -0.39 is 5.97 Å². The molecule has 0 unspecified atom stereocenters. The minimum Gasteiger partial charge on any atom is -0.496 e. The number of aromatic nitrogens is 2. The van der Waals surface area contributed by atoms with Crippen LogP contribution in [0.1, 0.15) is 29.6 Å². The number of esters is 1. The average molecular weight is 396 g/mol. The van der Waals surface area contributed by atoms with Crippen molar-refractivity contribution in [3.05, 3.63) is 60.0 Å². The molecule has 29 heavy (non-hydrogen) atoms. The molecule has 3 aromatic rings. The van der Waals surface area contributed by atoms with Crippen molar-refractivity contribution in [2.45, 2.75) is 20.0 Å². The Balaban J connectivity index is 1.50. The van der Waals surface area contributed by atoms with Crippen LogP contribution in [-0.2, 0) is 16.1 Å². The van der Waals surface area contributed by atoms with Crippen molar-refractivity contribution in [2.75, 3.05) is 13.7 Å². The van der Waals surface area contributed by atoms with E-state index in [0.29, 0.717) is 34.9 Å². The van der Waals surface area contributed by atoms with E-state index in [1.54, 1.807) is 50.4 Å². The van der Waals surface area contributed by atoms with Crippen LogP contribution in [0.25, 0.3) is 11.4 Å². The highest BCUT2D eigenvalue weighted by molar-refractivity contribution is 5.95. The van der Waals surface area contributed by atoms with Gasteiger partial charge in [0.25, 0.3) is 5.89 Å². The first-order valence-electron chi connectivity index (χ1n) is 8.98. The van der Waals surface area contributed by atoms with E-state index in [0.717, 1.165) is 0 Å². The highest BCUT2D eigenvalue weighted by atomic mass is 16.6. The Labute approximate surface area is 167 Å². The van der Waals surface area contributed by atoms with E-state index in [-0.39, 0.29) is 24.9 Å². The predicted octanol–water partition coefficient (Wildman–Crippen LogP) is 3.46. The fraction of sp³-hybridized carbons (Fsp3) is 0.238. The number of para-hydroxylation sites is 1. The lowest BCUT2D eigenvalue weighted by molar-refractivity contribution is -0.148. The number of nitrogens with zero attached hydrogens (tertiary/aromatic N) is 2. The minimum absolute atomic E-state index is 0.0445. The molecule has 0 aliphatic carbocycles. The van der Waals surface area contributed by atoms with E-state index in [1.807, 2.05) is 12.1 Å². The molecule has 0 amide bonds. The van der Waals surface area contributed by atoms with Gasteiger partial charge in [0.2, 0.25) is 5.82 Å². The maximum atomic E-state index is 11.9. The second-order valence-electron chi connectivity index (χ2n) is 5.96. The fourth-order valence-corrected chi connectivity index (χ4v) is 2.52.